The number of nitrogens with zero attached hydrogens (tertiary/aromatic N) is 5. The predicted molar refractivity (Wildman–Crippen MR) is 116 cm³/mol. The van der Waals surface area contributed by atoms with Gasteiger partial charge in [0.1, 0.15) is 5.82 Å². The second-order valence-electron chi connectivity index (χ2n) is 7.95. The summed E-state index contributed by atoms with van der Waals surface area (Å²) >= 11 is 0. The van der Waals surface area contributed by atoms with Crippen LogP contribution in [0.1, 0.15) is 31.2 Å². The Morgan fingerprint density at radius 2 is 1.79 bits per heavy atom. The van der Waals surface area contributed by atoms with E-state index in [0.717, 1.165) is 12.0 Å². The van der Waals surface area contributed by atoms with E-state index in [2.05, 4.69) is 20.6 Å². The number of carbonyl (C=O) groups is 2. The lowest BCUT2D eigenvalue weighted by atomic mass is 9.97. The molecule has 4 rings (SSSR count). The minimum Gasteiger partial charge on any atom is -0.455 e. The number of carbonyl (C=O) groups excluding carboxylic acids is 2. The molecule has 0 atom stereocenters. The number of aryl methyl sites for hydroxylation is 1. The number of anilines is 2. The summed E-state index contributed by atoms with van der Waals surface area (Å²) in [7, 11) is 0. The molecule has 0 aliphatic carbocycles. The fraction of sp³-hybridized carbons (Fsp3) is 0.409. The van der Waals surface area contributed by atoms with E-state index < -0.39 is 29.8 Å². The molecule has 180 valence electrons. The van der Waals surface area contributed by atoms with Gasteiger partial charge in [0.25, 0.3) is 11.7 Å². The highest BCUT2D eigenvalue weighted by molar-refractivity contribution is 5.92. The number of piperidine rings is 1. The molecule has 3 aromatic rings. The van der Waals surface area contributed by atoms with Gasteiger partial charge < -0.3 is 15.0 Å². The maximum Gasteiger partial charge on any atom is 0.453 e. The molecule has 1 aromatic carbocycles. The smallest absolute Gasteiger partial charge is 0.453 e. The molecule has 1 aliphatic rings. The number of hydrogen-bond donors (Lipinski definition) is 1. The van der Waals surface area contributed by atoms with Gasteiger partial charge in [0.05, 0.1) is 5.92 Å². The topological polar surface area (TPSA) is 102 Å². The van der Waals surface area contributed by atoms with E-state index in [9.17, 15) is 22.8 Å². The van der Waals surface area contributed by atoms with E-state index in [1.165, 1.54) is 6.07 Å². The highest BCUT2D eigenvalue weighted by Gasteiger charge is 2.38. The second-order valence-corrected chi connectivity index (χ2v) is 7.95. The largest absolute Gasteiger partial charge is 0.455 e. The van der Waals surface area contributed by atoms with Crippen LogP contribution in [-0.4, -0.2) is 51.4 Å². The number of ether oxygens (including phenoxy) is 1. The first kappa shape index (κ1) is 23.5. The minimum atomic E-state index is -4.67. The average molecular weight is 476 g/mol. The zero-order valence-electron chi connectivity index (χ0n) is 18.4. The fourth-order valence-corrected chi connectivity index (χ4v) is 3.74. The number of nitrogens with one attached hydrogen (secondary N) is 1. The third kappa shape index (κ3) is 5.26. The molecule has 1 aliphatic heterocycles. The highest BCUT2D eigenvalue weighted by Crippen LogP contribution is 2.29. The molecule has 0 bridgehead atoms. The fourth-order valence-electron chi connectivity index (χ4n) is 3.74. The molecule has 12 heteroatoms. The van der Waals surface area contributed by atoms with Gasteiger partial charge in [-0.25, -0.2) is 0 Å². The SMILES string of the molecule is CCc1ccc(NC(=O)COC(=O)C2CCN(c3ccc4nnc(C(F)(F)F)n4n3)CC2)cc1. The van der Waals surface area contributed by atoms with Gasteiger partial charge >= 0.3 is 12.1 Å². The maximum absolute atomic E-state index is 13.1. The number of amides is 1. The van der Waals surface area contributed by atoms with Crippen LogP contribution in [-0.2, 0) is 26.9 Å². The lowest BCUT2D eigenvalue weighted by Crippen LogP contribution is -2.38. The van der Waals surface area contributed by atoms with Crippen molar-refractivity contribution in [3.05, 3.63) is 47.8 Å². The van der Waals surface area contributed by atoms with Crippen molar-refractivity contribution in [3.63, 3.8) is 0 Å². The molecule has 0 saturated carbocycles. The van der Waals surface area contributed by atoms with Crippen LogP contribution in [0.5, 0.6) is 0 Å². The van der Waals surface area contributed by atoms with Crippen molar-refractivity contribution in [1.82, 2.24) is 19.8 Å². The summed E-state index contributed by atoms with van der Waals surface area (Å²) in [5.41, 5.74) is 1.76. The first-order valence-corrected chi connectivity index (χ1v) is 10.8. The molecule has 1 fully saturated rings. The molecule has 0 radical (unpaired) electrons. The third-order valence-corrected chi connectivity index (χ3v) is 5.65. The van der Waals surface area contributed by atoms with E-state index in [4.69, 9.17) is 4.74 Å². The Morgan fingerprint density at radius 3 is 2.44 bits per heavy atom. The molecule has 0 unspecified atom stereocenters. The Bertz CT molecular complexity index is 1170. The van der Waals surface area contributed by atoms with Crippen molar-refractivity contribution in [1.29, 1.82) is 0 Å². The Labute approximate surface area is 192 Å². The minimum absolute atomic E-state index is 0.00544. The number of alkyl halides is 3. The van der Waals surface area contributed by atoms with Gasteiger partial charge in [0.15, 0.2) is 12.3 Å². The lowest BCUT2D eigenvalue weighted by Gasteiger charge is -2.31. The number of fused-ring (bicyclic) bond motifs is 1. The zero-order chi connectivity index (χ0) is 24.3. The van der Waals surface area contributed by atoms with Gasteiger partial charge in [-0.3, -0.25) is 9.59 Å². The van der Waals surface area contributed by atoms with Gasteiger partial charge in [0, 0.05) is 18.8 Å². The summed E-state index contributed by atoms with van der Waals surface area (Å²) in [5.74, 6) is -2.17. The predicted octanol–water partition coefficient (Wildman–Crippen LogP) is 3.10. The van der Waals surface area contributed by atoms with Crippen LogP contribution < -0.4 is 10.2 Å². The summed E-state index contributed by atoms with van der Waals surface area (Å²) in [6, 6.07) is 10.4. The monoisotopic (exact) mass is 476 g/mol. The molecule has 0 spiro atoms. The second kappa shape index (κ2) is 9.65. The van der Waals surface area contributed by atoms with Crippen LogP contribution in [0, 0.1) is 5.92 Å². The molecular weight excluding hydrogens is 453 g/mol. The van der Waals surface area contributed by atoms with Crippen molar-refractivity contribution in [3.8, 4) is 0 Å². The molecule has 1 N–H and O–H groups in total. The van der Waals surface area contributed by atoms with Gasteiger partial charge in [-0.15, -0.1) is 15.3 Å². The molecule has 2 aromatic heterocycles. The summed E-state index contributed by atoms with van der Waals surface area (Å²) in [6.45, 7) is 2.45. The summed E-state index contributed by atoms with van der Waals surface area (Å²) in [4.78, 5) is 26.3. The molecular formula is C22H23F3N6O3. The maximum atomic E-state index is 13.1. The van der Waals surface area contributed by atoms with Gasteiger partial charge in [0.2, 0.25) is 0 Å². The van der Waals surface area contributed by atoms with E-state index in [-0.39, 0.29) is 12.3 Å². The summed E-state index contributed by atoms with van der Waals surface area (Å²) in [6.07, 6.45) is -2.93. The van der Waals surface area contributed by atoms with Gasteiger partial charge in [-0.1, -0.05) is 19.1 Å². The molecule has 1 saturated heterocycles. The molecule has 34 heavy (non-hydrogen) atoms. The normalized spacial score (nSPS) is 14.9. The van der Waals surface area contributed by atoms with Crippen LogP contribution >= 0.6 is 0 Å². The third-order valence-electron chi connectivity index (χ3n) is 5.65. The van der Waals surface area contributed by atoms with Crippen LogP contribution in [0.4, 0.5) is 24.7 Å². The van der Waals surface area contributed by atoms with Crippen molar-refractivity contribution in [2.24, 2.45) is 5.92 Å². The first-order chi connectivity index (χ1) is 16.2. The number of benzene rings is 1. The van der Waals surface area contributed by atoms with Gasteiger partial charge in [-0.2, -0.15) is 17.7 Å². The van der Waals surface area contributed by atoms with Crippen LogP contribution in [0.25, 0.3) is 5.65 Å². The zero-order valence-corrected chi connectivity index (χ0v) is 18.4. The van der Waals surface area contributed by atoms with Crippen molar-refractivity contribution < 1.29 is 27.5 Å². The summed E-state index contributed by atoms with van der Waals surface area (Å²) < 4.78 is 45.1. The van der Waals surface area contributed by atoms with Crippen LogP contribution in [0.15, 0.2) is 36.4 Å². The first-order valence-electron chi connectivity index (χ1n) is 10.8. The highest BCUT2D eigenvalue weighted by atomic mass is 19.4. The molecule has 1 amide bonds. The lowest BCUT2D eigenvalue weighted by molar-refractivity contribution is -0.152. The van der Waals surface area contributed by atoms with Crippen LogP contribution in [0.3, 0.4) is 0 Å². The number of hydrogen-bond acceptors (Lipinski definition) is 7. The van der Waals surface area contributed by atoms with Crippen LogP contribution in [0.2, 0.25) is 0 Å². The quantitative estimate of drug-likeness (QED) is 0.546. The Morgan fingerprint density at radius 1 is 1.09 bits per heavy atom. The Balaban J connectivity index is 1.28. The summed E-state index contributed by atoms with van der Waals surface area (Å²) in [5, 5.41) is 13.4. The van der Waals surface area contributed by atoms with Crippen molar-refractivity contribution >= 4 is 29.0 Å². The van der Waals surface area contributed by atoms with Crippen molar-refractivity contribution in [2.75, 3.05) is 29.9 Å². The van der Waals surface area contributed by atoms with E-state index in [1.54, 1.807) is 23.1 Å². The number of aromatic nitrogens is 4. The number of halogens is 3. The van der Waals surface area contributed by atoms with E-state index in [1.807, 2.05) is 19.1 Å². The molecule has 3 heterocycles. The standard InChI is InChI=1S/C22H23F3N6O3/c1-2-14-3-5-16(6-4-14)26-19(32)13-34-20(33)15-9-11-30(12-10-15)18-8-7-17-27-28-21(22(23,24)25)31(17)29-18/h3-8,15H,2,9-13H2,1H3,(H,26,32). The Kier molecular flexibility index (Phi) is 6.66. The average Bonchev–Trinajstić information content (AvgIpc) is 3.27. The Hall–Kier alpha value is -3.70. The van der Waals surface area contributed by atoms with E-state index in [0.29, 0.717) is 42.0 Å². The van der Waals surface area contributed by atoms with E-state index >= 15 is 0 Å². The van der Waals surface area contributed by atoms with Crippen molar-refractivity contribution in [2.45, 2.75) is 32.4 Å². The number of esters is 1. The van der Waals surface area contributed by atoms with Gasteiger partial charge in [-0.05, 0) is 49.1 Å². The molecule has 9 nitrogen and oxygen atoms in total. The number of rotatable bonds is 6.